The number of amides is 2. The van der Waals surface area contributed by atoms with Gasteiger partial charge in [0, 0.05) is 23.0 Å². The Morgan fingerprint density at radius 1 is 1.28 bits per heavy atom. The van der Waals surface area contributed by atoms with Gasteiger partial charge < -0.3 is 36.0 Å². The van der Waals surface area contributed by atoms with Crippen molar-refractivity contribution in [1.82, 2.24) is 24.9 Å². The lowest BCUT2D eigenvalue weighted by atomic mass is 10.0. The van der Waals surface area contributed by atoms with Crippen LogP contribution in [0.2, 0.25) is 0 Å². The third-order valence-electron chi connectivity index (χ3n) is 6.35. The second kappa shape index (κ2) is 13.8. The van der Waals surface area contributed by atoms with Gasteiger partial charge in [0.2, 0.25) is 5.43 Å². The van der Waals surface area contributed by atoms with Gasteiger partial charge in [-0.3, -0.25) is 19.3 Å². The number of thioether (sulfide) groups is 2. The molecule has 5 heterocycles. The summed E-state index contributed by atoms with van der Waals surface area (Å²) >= 11 is 4.68. The van der Waals surface area contributed by atoms with Gasteiger partial charge >= 0.3 is 11.9 Å². The van der Waals surface area contributed by atoms with Crippen LogP contribution in [0.5, 0.6) is 5.75 Å². The number of aliphatic carboxylic acids is 1. The van der Waals surface area contributed by atoms with Crippen molar-refractivity contribution in [2.45, 2.75) is 29.2 Å². The Hall–Kier alpha value is -4.60. The number of oxime groups is 1. The van der Waals surface area contributed by atoms with Gasteiger partial charge in [0.05, 0.1) is 22.5 Å². The molecule has 0 unspecified atom stereocenters. The fourth-order valence-electron chi connectivity index (χ4n) is 4.26. The molecule has 6 N–H and O–H groups in total. The number of carboxylic acids is 1. The zero-order chi connectivity index (χ0) is 33.1. The Morgan fingerprint density at radius 3 is 2.76 bits per heavy atom. The maximum absolute atomic E-state index is 13.3. The van der Waals surface area contributed by atoms with Crippen LogP contribution in [0.25, 0.3) is 0 Å². The molecule has 21 heteroatoms. The molecule has 2 aliphatic heterocycles. The average Bonchev–Trinajstić information content (AvgIpc) is 3.67. The van der Waals surface area contributed by atoms with E-state index in [0.717, 1.165) is 28.5 Å². The average molecular weight is 710 g/mol. The molecular formula is C25H23N7O10S4. The number of nitrogens with zero attached hydrogens (tertiary/aromatic N) is 5. The number of hydrogen-bond donors (Lipinski definition) is 5. The van der Waals surface area contributed by atoms with Crippen molar-refractivity contribution in [1.29, 1.82) is 0 Å². The Labute approximate surface area is 274 Å². The Morgan fingerprint density at radius 2 is 2.07 bits per heavy atom. The van der Waals surface area contributed by atoms with Crippen molar-refractivity contribution >= 4 is 80.8 Å². The van der Waals surface area contributed by atoms with Crippen molar-refractivity contribution < 1.29 is 44.2 Å². The van der Waals surface area contributed by atoms with Crippen molar-refractivity contribution in [2.24, 2.45) is 5.16 Å². The maximum Gasteiger partial charge on any atom is 0.358 e. The van der Waals surface area contributed by atoms with E-state index in [1.54, 1.807) is 6.92 Å². The van der Waals surface area contributed by atoms with Crippen LogP contribution in [-0.2, 0) is 30.6 Å². The van der Waals surface area contributed by atoms with Crippen LogP contribution in [0.4, 0.5) is 5.13 Å². The van der Waals surface area contributed by atoms with Gasteiger partial charge in [-0.1, -0.05) is 5.16 Å². The molecule has 0 radical (unpaired) electrons. The number of pyridine rings is 1. The van der Waals surface area contributed by atoms with Gasteiger partial charge in [-0.15, -0.1) is 46.2 Å². The first-order chi connectivity index (χ1) is 22.0. The fourth-order valence-corrected chi connectivity index (χ4v) is 8.17. The monoisotopic (exact) mass is 709 g/mol. The highest BCUT2D eigenvalue weighted by molar-refractivity contribution is 8.02. The molecule has 46 heavy (non-hydrogen) atoms. The van der Waals surface area contributed by atoms with Gasteiger partial charge in [0.15, 0.2) is 28.9 Å². The first-order valence-corrected chi connectivity index (χ1v) is 16.8. The van der Waals surface area contributed by atoms with Crippen LogP contribution >= 0.6 is 46.2 Å². The number of anilines is 1. The zero-order valence-electron chi connectivity index (χ0n) is 23.4. The number of aromatic nitrogens is 3. The van der Waals surface area contributed by atoms with E-state index in [4.69, 9.17) is 15.3 Å². The van der Waals surface area contributed by atoms with Gasteiger partial charge in [0.25, 0.3) is 11.8 Å². The minimum absolute atomic E-state index is 0.0164. The van der Waals surface area contributed by atoms with Gasteiger partial charge in [-0.25, -0.2) is 19.6 Å². The SMILES string of the molecule is CCOC(=O)c1ncsc1SCC1=C(C(=O)O)N2C(=O)[C@@H](NC(=O)/C(=N/OCc3cc(=O)c(O)cn3O)c3csc(N)n3)[C@H]2SC1. The van der Waals surface area contributed by atoms with Crippen LogP contribution < -0.4 is 16.5 Å². The molecule has 1 saturated heterocycles. The fraction of sp³-hybridized carbons (Fsp3) is 0.280. The molecule has 0 saturated carbocycles. The predicted molar refractivity (Wildman–Crippen MR) is 166 cm³/mol. The number of hydrogen-bond acceptors (Lipinski definition) is 17. The number of aromatic hydroxyl groups is 1. The van der Waals surface area contributed by atoms with Crippen LogP contribution in [0.3, 0.4) is 0 Å². The van der Waals surface area contributed by atoms with Crippen LogP contribution in [0, 0.1) is 0 Å². The summed E-state index contributed by atoms with van der Waals surface area (Å²) in [6.45, 7) is 1.35. The smallest absolute Gasteiger partial charge is 0.358 e. The standard InChI is InChI=1S/C25H23N7O10S4/c1-2-41-23(39)17-24(46-9-27-17)44-7-10-6-43-21-16(20(36)32(21)18(10)22(37)38)29-19(35)15(12-8-45-25(26)28-12)30-42-5-11-3-13(33)14(34)4-31(11)40/h3-4,8-9,16,21,34,40H,2,5-7H2,1H3,(H2,26,28)(H,29,35)(H,37,38)/b30-15+/t16-,21-/m1/s1. The minimum Gasteiger partial charge on any atom is -0.503 e. The van der Waals surface area contributed by atoms with Crippen LogP contribution in [0.1, 0.15) is 28.8 Å². The normalized spacial score (nSPS) is 17.7. The molecule has 2 amide bonds. The Balaban J connectivity index is 1.30. The highest BCUT2D eigenvalue weighted by Gasteiger charge is 2.54. The minimum atomic E-state index is -1.32. The second-order valence-electron chi connectivity index (χ2n) is 9.26. The number of rotatable bonds is 12. The number of nitrogen functional groups attached to an aromatic ring is 1. The third-order valence-corrected chi connectivity index (χ3v) is 10.6. The summed E-state index contributed by atoms with van der Waals surface area (Å²) in [5.41, 5.74) is 6.35. The predicted octanol–water partition coefficient (Wildman–Crippen LogP) is 0.915. The molecule has 5 rings (SSSR count). The van der Waals surface area contributed by atoms with Crippen LogP contribution in [-0.4, -0.2) is 94.0 Å². The summed E-state index contributed by atoms with van der Waals surface area (Å²) in [4.78, 5) is 77.1. The van der Waals surface area contributed by atoms with Crippen molar-refractivity contribution in [3.05, 3.63) is 61.7 Å². The van der Waals surface area contributed by atoms with E-state index in [0.29, 0.717) is 14.5 Å². The Kier molecular flexibility index (Phi) is 9.84. The molecular weight excluding hydrogens is 687 g/mol. The zero-order valence-corrected chi connectivity index (χ0v) is 26.7. The first kappa shape index (κ1) is 32.8. The number of ether oxygens (including phenoxy) is 1. The highest BCUT2D eigenvalue weighted by Crippen LogP contribution is 2.42. The summed E-state index contributed by atoms with van der Waals surface area (Å²) in [6, 6.07) is -0.205. The molecule has 2 aliphatic rings. The topological polar surface area (TPSA) is 249 Å². The van der Waals surface area contributed by atoms with Crippen molar-refractivity contribution in [3.63, 3.8) is 0 Å². The van der Waals surface area contributed by atoms with Crippen molar-refractivity contribution in [2.75, 3.05) is 23.8 Å². The maximum atomic E-state index is 13.3. The molecule has 17 nitrogen and oxygen atoms in total. The van der Waals surface area contributed by atoms with E-state index in [1.165, 1.54) is 45.8 Å². The van der Waals surface area contributed by atoms with Gasteiger partial charge in [-0.2, -0.15) is 4.73 Å². The molecule has 3 aromatic heterocycles. The molecule has 0 aromatic carbocycles. The first-order valence-electron chi connectivity index (χ1n) is 13.0. The lowest BCUT2D eigenvalue weighted by molar-refractivity contribution is -0.150. The van der Waals surface area contributed by atoms with E-state index in [9.17, 15) is 39.4 Å². The van der Waals surface area contributed by atoms with E-state index in [1.807, 2.05) is 0 Å². The molecule has 0 spiro atoms. The quantitative estimate of drug-likeness (QED) is 0.0438. The molecule has 2 atom stereocenters. The molecule has 3 aromatic rings. The van der Waals surface area contributed by atoms with E-state index < -0.39 is 53.0 Å². The molecule has 0 bridgehead atoms. The summed E-state index contributed by atoms with van der Waals surface area (Å²) in [6.07, 6.45) is 0.763. The molecule has 242 valence electrons. The largest absolute Gasteiger partial charge is 0.503 e. The highest BCUT2D eigenvalue weighted by atomic mass is 32.2. The lowest BCUT2D eigenvalue weighted by Gasteiger charge is -2.49. The summed E-state index contributed by atoms with van der Waals surface area (Å²) in [5.74, 6) is -3.75. The van der Waals surface area contributed by atoms with Crippen LogP contribution in [0.15, 0.2) is 48.6 Å². The Bertz CT molecular complexity index is 1830. The summed E-state index contributed by atoms with van der Waals surface area (Å²) < 4.78 is 6.01. The van der Waals surface area contributed by atoms with E-state index in [2.05, 4.69) is 20.4 Å². The van der Waals surface area contributed by atoms with Gasteiger partial charge in [-0.05, 0) is 12.5 Å². The van der Waals surface area contributed by atoms with E-state index in [-0.39, 0.29) is 51.7 Å². The number of fused-ring (bicyclic) bond motifs is 1. The number of β-lactam (4-membered cyclic amide) rings is 1. The third kappa shape index (κ3) is 6.66. The molecule has 0 aliphatic carbocycles. The van der Waals surface area contributed by atoms with Gasteiger partial charge in [0.1, 0.15) is 28.5 Å². The number of carbonyl (C=O) groups is 4. The summed E-state index contributed by atoms with van der Waals surface area (Å²) in [7, 11) is 0. The van der Waals surface area contributed by atoms with E-state index >= 15 is 0 Å². The number of thiazole rings is 2. The number of carboxylic acid groups (broad SMARTS) is 1. The number of carbonyl (C=O) groups excluding carboxylic acids is 3. The summed E-state index contributed by atoms with van der Waals surface area (Å²) in [5, 5.41) is 36.5. The lowest BCUT2D eigenvalue weighted by Crippen LogP contribution is -2.71. The number of nitrogens with two attached hydrogens (primary N) is 1. The number of esters is 1. The van der Waals surface area contributed by atoms with Crippen molar-refractivity contribution in [3.8, 4) is 5.75 Å². The second-order valence-corrected chi connectivity index (χ2v) is 13.4. The number of nitrogens with one attached hydrogen (secondary N) is 1. The molecule has 1 fully saturated rings.